The minimum Gasteiger partial charge on any atom is -0.478 e. The smallest absolute Gasteiger partial charge is 0.339 e. The number of carbonyl (C=O) groups is 2. The van der Waals surface area contributed by atoms with E-state index in [0.29, 0.717) is 51.5 Å². The molecular weight excluding hydrogens is 276 g/mol. The molecule has 1 fully saturated rings. The van der Waals surface area contributed by atoms with Gasteiger partial charge < -0.3 is 20.1 Å². The Morgan fingerprint density at radius 1 is 1.43 bits per heavy atom. The van der Waals surface area contributed by atoms with Gasteiger partial charge >= 0.3 is 5.97 Å². The lowest BCUT2D eigenvalue weighted by atomic mass is 10.2. The Labute approximate surface area is 122 Å². The number of aromatic carboxylic acids is 1. The molecule has 1 aromatic rings. The molecule has 2 N–H and O–H groups in total. The van der Waals surface area contributed by atoms with Crippen molar-refractivity contribution >= 4 is 11.9 Å². The zero-order valence-corrected chi connectivity index (χ0v) is 12.0. The molecule has 0 saturated carbocycles. The van der Waals surface area contributed by atoms with E-state index in [9.17, 15) is 9.59 Å². The predicted molar refractivity (Wildman–Crippen MR) is 73.9 cm³/mol. The second-order valence-electron chi connectivity index (χ2n) is 4.85. The molecule has 0 aliphatic carbocycles. The minimum absolute atomic E-state index is 0.0919. The van der Waals surface area contributed by atoms with Crippen molar-refractivity contribution in [1.29, 1.82) is 0 Å². The molecule has 0 aromatic carbocycles. The number of nitrogens with one attached hydrogen (secondary N) is 1. The van der Waals surface area contributed by atoms with Crippen molar-refractivity contribution in [2.45, 2.75) is 13.0 Å². The summed E-state index contributed by atoms with van der Waals surface area (Å²) in [5, 5.41) is 16.1. The van der Waals surface area contributed by atoms with Crippen molar-refractivity contribution in [3.63, 3.8) is 0 Å². The molecule has 0 spiro atoms. The lowest BCUT2D eigenvalue weighted by molar-refractivity contribution is -0.135. The van der Waals surface area contributed by atoms with Crippen LogP contribution in [-0.2, 0) is 23.1 Å². The molecule has 116 valence electrons. The van der Waals surface area contributed by atoms with Gasteiger partial charge in [-0.2, -0.15) is 5.10 Å². The van der Waals surface area contributed by atoms with Gasteiger partial charge in [0.05, 0.1) is 25.1 Å². The van der Waals surface area contributed by atoms with Gasteiger partial charge in [0.15, 0.2) is 0 Å². The summed E-state index contributed by atoms with van der Waals surface area (Å²) in [6.45, 7) is 3.34. The third kappa shape index (κ3) is 4.02. The summed E-state index contributed by atoms with van der Waals surface area (Å²) in [6, 6.07) is 0. The molecule has 2 rings (SSSR count). The highest BCUT2D eigenvalue weighted by molar-refractivity contribution is 5.88. The summed E-state index contributed by atoms with van der Waals surface area (Å²) < 4.78 is 6.73. The van der Waals surface area contributed by atoms with Gasteiger partial charge in [-0.25, -0.2) is 4.79 Å². The molecule has 1 aliphatic heterocycles. The maximum Gasteiger partial charge on any atom is 0.339 e. The number of hydrogen-bond donors (Lipinski definition) is 2. The van der Waals surface area contributed by atoms with Crippen LogP contribution in [0.4, 0.5) is 0 Å². The number of carboxylic acids is 1. The lowest BCUT2D eigenvalue weighted by Gasteiger charge is -2.26. The fourth-order valence-corrected chi connectivity index (χ4v) is 2.22. The fraction of sp³-hybridized carbons (Fsp3) is 0.615. The van der Waals surface area contributed by atoms with Gasteiger partial charge in [-0.3, -0.25) is 9.48 Å². The van der Waals surface area contributed by atoms with Crippen molar-refractivity contribution in [2.75, 3.05) is 32.8 Å². The van der Waals surface area contributed by atoms with Gasteiger partial charge in [0.1, 0.15) is 5.56 Å². The Morgan fingerprint density at radius 2 is 2.14 bits per heavy atom. The molecule has 0 radical (unpaired) electrons. The third-order valence-electron chi connectivity index (χ3n) is 3.46. The first-order chi connectivity index (χ1) is 10.1. The highest BCUT2D eigenvalue weighted by atomic mass is 16.5. The molecule has 1 aromatic heterocycles. The van der Waals surface area contributed by atoms with E-state index in [2.05, 4.69) is 10.4 Å². The predicted octanol–water partition coefficient (Wildman–Crippen LogP) is -0.543. The summed E-state index contributed by atoms with van der Waals surface area (Å²) in [7, 11) is 1.70. The fourth-order valence-electron chi connectivity index (χ4n) is 2.22. The van der Waals surface area contributed by atoms with Gasteiger partial charge in [-0.05, 0) is 0 Å². The van der Waals surface area contributed by atoms with Crippen molar-refractivity contribution in [3.05, 3.63) is 17.5 Å². The van der Waals surface area contributed by atoms with E-state index in [4.69, 9.17) is 9.84 Å². The SMILES string of the molecule is Cn1ncc(C(=O)O)c1CNCCC(=O)N1CCOCC1. The maximum atomic E-state index is 11.9. The molecule has 0 atom stereocenters. The van der Waals surface area contributed by atoms with Gasteiger partial charge in [-0.1, -0.05) is 0 Å². The van der Waals surface area contributed by atoms with Gasteiger partial charge in [0.25, 0.3) is 0 Å². The molecule has 1 saturated heterocycles. The summed E-state index contributed by atoms with van der Waals surface area (Å²) in [4.78, 5) is 24.7. The van der Waals surface area contributed by atoms with Crippen LogP contribution in [0.25, 0.3) is 0 Å². The van der Waals surface area contributed by atoms with Gasteiger partial charge in [0, 0.05) is 39.6 Å². The van der Waals surface area contributed by atoms with Crippen LogP contribution in [0.1, 0.15) is 22.5 Å². The quantitative estimate of drug-likeness (QED) is 0.684. The van der Waals surface area contributed by atoms with E-state index in [-0.39, 0.29) is 11.5 Å². The van der Waals surface area contributed by atoms with E-state index >= 15 is 0 Å². The van der Waals surface area contributed by atoms with Crippen molar-refractivity contribution in [1.82, 2.24) is 20.0 Å². The van der Waals surface area contributed by atoms with Crippen LogP contribution in [0.5, 0.6) is 0 Å². The average Bonchev–Trinajstić information content (AvgIpc) is 2.85. The van der Waals surface area contributed by atoms with E-state index in [1.54, 1.807) is 11.9 Å². The number of nitrogens with zero attached hydrogens (tertiary/aromatic N) is 3. The van der Waals surface area contributed by atoms with Crippen molar-refractivity contribution in [2.24, 2.45) is 7.05 Å². The number of morpholine rings is 1. The van der Waals surface area contributed by atoms with Crippen LogP contribution in [0.15, 0.2) is 6.20 Å². The Balaban J connectivity index is 1.76. The summed E-state index contributed by atoms with van der Waals surface area (Å²) in [5.74, 6) is -0.904. The standard InChI is InChI=1S/C13H20N4O4/c1-16-11(10(8-15-16)13(19)20)9-14-3-2-12(18)17-4-6-21-7-5-17/h8,14H,2-7,9H2,1H3,(H,19,20). The third-order valence-corrected chi connectivity index (χ3v) is 3.46. The maximum absolute atomic E-state index is 11.9. The van der Waals surface area contributed by atoms with E-state index < -0.39 is 5.97 Å². The van der Waals surface area contributed by atoms with Crippen LogP contribution in [0.2, 0.25) is 0 Å². The molecule has 1 aliphatic rings. The van der Waals surface area contributed by atoms with Crippen LogP contribution in [0, 0.1) is 0 Å². The molecular formula is C13H20N4O4. The number of aromatic nitrogens is 2. The van der Waals surface area contributed by atoms with Crippen LogP contribution >= 0.6 is 0 Å². The second-order valence-corrected chi connectivity index (χ2v) is 4.85. The van der Waals surface area contributed by atoms with E-state index in [1.165, 1.54) is 10.9 Å². The lowest BCUT2D eigenvalue weighted by Crippen LogP contribution is -2.41. The molecule has 2 heterocycles. The monoisotopic (exact) mass is 296 g/mol. The molecule has 8 heteroatoms. The highest BCUT2D eigenvalue weighted by Crippen LogP contribution is 2.07. The largest absolute Gasteiger partial charge is 0.478 e. The number of ether oxygens (including phenoxy) is 1. The summed E-state index contributed by atoms with van der Waals surface area (Å²) >= 11 is 0. The zero-order valence-electron chi connectivity index (χ0n) is 12.0. The molecule has 0 unspecified atom stereocenters. The molecule has 0 bridgehead atoms. The van der Waals surface area contributed by atoms with Crippen LogP contribution < -0.4 is 5.32 Å². The average molecular weight is 296 g/mol. The Kier molecular flexibility index (Phi) is 5.29. The molecule has 8 nitrogen and oxygen atoms in total. The van der Waals surface area contributed by atoms with E-state index in [0.717, 1.165) is 0 Å². The van der Waals surface area contributed by atoms with Crippen molar-refractivity contribution < 1.29 is 19.4 Å². The van der Waals surface area contributed by atoms with Crippen LogP contribution in [-0.4, -0.2) is 64.5 Å². The zero-order chi connectivity index (χ0) is 15.2. The number of carbonyl (C=O) groups excluding carboxylic acids is 1. The Bertz CT molecular complexity index is 508. The van der Waals surface area contributed by atoms with Crippen LogP contribution in [0.3, 0.4) is 0 Å². The summed E-state index contributed by atoms with van der Waals surface area (Å²) in [5.41, 5.74) is 0.783. The number of amides is 1. The normalized spacial score (nSPS) is 15.2. The minimum atomic E-state index is -0.996. The van der Waals surface area contributed by atoms with Gasteiger partial charge in [-0.15, -0.1) is 0 Å². The number of carboxylic acid groups (broad SMARTS) is 1. The second kappa shape index (κ2) is 7.19. The first-order valence-corrected chi connectivity index (χ1v) is 6.90. The summed E-state index contributed by atoms with van der Waals surface area (Å²) in [6.07, 6.45) is 1.72. The topological polar surface area (TPSA) is 96.7 Å². The number of rotatable bonds is 6. The number of aryl methyl sites for hydroxylation is 1. The first-order valence-electron chi connectivity index (χ1n) is 6.90. The molecule has 21 heavy (non-hydrogen) atoms. The highest BCUT2D eigenvalue weighted by Gasteiger charge is 2.17. The van der Waals surface area contributed by atoms with Gasteiger partial charge in [0.2, 0.25) is 5.91 Å². The first kappa shape index (κ1) is 15.5. The molecule has 1 amide bonds. The van der Waals surface area contributed by atoms with Crippen molar-refractivity contribution in [3.8, 4) is 0 Å². The Morgan fingerprint density at radius 3 is 2.81 bits per heavy atom. The van der Waals surface area contributed by atoms with E-state index in [1.807, 2.05) is 0 Å². The Hall–Kier alpha value is -1.93. The number of hydrogen-bond acceptors (Lipinski definition) is 5.